The van der Waals surface area contributed by atoms with Gasteiger partial charge >= 0.3 is 0 Å². The number of nitrogens with zero attached hydrogens (tertiary/aromatic N) is 2. The van der Waals surface area contributed by atoms with E-state index in [0.717, 1.165) is 0 Å². The summed E-state index contributed by atoms with van der Waals surface area (Å²) in [6.45, 7) is 0.844. The molecular formula is C25H23FN4O3. The number of carbonyl (C=O) groups is 3. The van der Waals surface area contributed by atoms with E-state index in [-0.39, 0.29) is 23.6 Å². The van der Waals surface area contributed by atoms with Gasteiger partial charge in [-0.2, -0.15) is 0 Å². The van der Waals surface area contributed by atoms with Gasteiger partial charge in [-0.05, 0) is 67.4 Å². The average molecular weight is 446 g/mol. The van der Waals surface area contributed by atoms with E-state index in [1.807, 2.05) is 0 Å². The maximum atomic E-state index is 13.1. The largest absolute Gasteiger partial charge is 0.338 e. The second-order valence-corrected chi connectivity index (χ2v) is 7.86. The molecule has 1 unspecified atom stereocenters. The van der Waals surface area contributed by atoms with Gasteiger partial charge < -0.3 is 15.5 Å². The van der Waals surface area contributed by atoms with Gasteiger partial charge in [0.1, 0.15) is 5.82 Å². The minimum atomic E-state index is -0.401. The number of hydrogen-bond donors (Lipinski definition) is 2. The van der Waals surface area contributed by atoms with Gasteiger partial charge in [0.05, 0.1) is 5.92 Å². The molecule has 8 heteroatoms. The first-order valence-electron chi connectivity index (χ1n) is 10.7. The predicted molar refractivity (Wildman–Crippen MR) is 122 cm³/mol. The van der Waals surface area contributed by atoms with Crippen LogP contribution in [0.4, 0.5) is 15.8 Å². The summed E-state index contributed by atoms with van der Waals surface area (Å²) in [6.07, 6.45) is 4.45. The first-order valence-corrected chi connectivity index (χ1v) is 10.7. The molecule has 4 rings (SSSR count). The lowest BCUT2D eigenvalue weighted by atomic mass is 9.96. The molecule has 168 valence electrons. The number of rotatable bonds is 5. The standard InChI is InChI=1S/C25H23FN4O3/c26-20-8-6-18(7-9-20)25(33)30-14-2-3-19(16-30)24(32)29-22-5-1-4-21(15-22)28-23(31)17-10-12-27-13-11-17/h1,4-13,15,19H,2-3,14,16H2,(H,28,31)(H,29,32). The Morgan fingerprint density at radius 3 is 2.33 bits per heavy atom. The quantitative estimate of drug-likeness (QED) is 0.621. The Hall–Kier alpha value is -4.07. The smallest absolute Gasteiger partial charge is 0.255 e. The molecule has 1 saturated heterocycles. The van der Waals surface area contributed by atoms with Crippen LogP contribution >= 0.6 is 0 Å². The van der Waals surface area contributed by atoms with Crippen LogP contribution in [-0.2, 0) is 4.79 Å². The van der Waals surface area contributed by atoms with Crippen molar-refractivity contribution in [2.45, 2.75) is 12.8 Å². The Bertz CT molecular complexity index is 1150. The molecule has 1 aliphatic rings. The van der Waals surface area contributed by atoms with Crippen LogP contribution in [0.25, 0.3) is 0 Å². The van der Waals surface area contributed by atoms with Gasteiger partial charge in [0.25, 0.3) is 11.8 Å². The van der Waals surface area contributed by atoms with Crippen molar-refractivity contribution in [2.75, 3.05) is 23.7 Å². The zero-order valence-corrected chi connectivity index (χ0v) is 17.8. The summed E-state index contributed by atoms with van der Waals surface area (Å²) in [5, 5.41) is 5.68. The molecule has 0 bridgehead atoms. The number of hydrogen-bond acceptors (Lipinski definition) is 4. The third kappa shape index (κ3) is 5.60. The summed E-state index contributed by atoms with van der Waals surface area (Å²) in [6, 6.07) is 15.5. The maximum absolute atomic E-state index is 13.1. The summed E-state index contributed by atoms with van der Waals surface area (Å²) in [4.78, 5) is 43.5. The molecule has 3 amide bonds. The van der Waals surface area contributed by atoms with E-state index in [0.29, 0.717) is 48.4 Å². The minimum Gasteiger partial charge on any atom is -0.338 e. The van der Waals surface area contributed by atoms with Crippen LogP contribution in [0, 0.1) is 11.7 Å². The highest BCUT2D eigenvalue weighted by Crippen LogP contribution is 2.22. The lowest BCUT2D eigenvalue weighted by molar-refractivity contribution is -0.121. The Labute approximate surface area is 190 Å². The van der Waals surface area contributed by atoms with Crippen molar-refractivity contribution in [1.82, 2.24) is 9.88 Å². The van der Waals surface area contributed by atoms with Crippen molar-refractivity contribution >= 4 is 29.1 Å². The Balaban J connectivity index is 1.37. The predicted octanol–water partition coefficient (Wildman–Crippen LogP) is 3.96. The second-order valence-electron chi connectivity index (χ2n) is 7.86. The lowest BCUT2D eigenvalue weighted by Gasteiger charge is -2.32. The summed E-state index contributed by atoms with van der Waals surface area (Å²) in [5.74, 6) is -1.44. The molecule has 1 fully saturated rings. The molecule has 2 heterocycles. The van der Waals surface area contributed by atoms with E-state index in [2.05, 4.69) is 15.6 Å². The molecule has 7 nitrogen and oxygen atoms in total. The third-order valence-electron chi connectivity index (χ3n) is 5.50. The topological polar surface area (TPSA) is 91.4 Å². The average Bonchev–Trinajstić information content (AvgIpc) is 2.85. The monoisotopic (exact) mass is 446 g/mol. The van der Waals surface area contributed by atoms with Crippen LogP contribution < -0.4 is 10.6 Å². The number of anilines is 2. The molecule has 1 aromatic heterocycles. The van der Waals surface area contributed by atoms with Gasteiger partial charge in [0, 0.05) is 48.0 Å². The van der Waals surface area contributed by atoms with Crippen LogP contribution in [0.5, 0.6) is 0 Å². The van der Waals surface area contributed by atoms with E-state index in [9.17, 15) is 18.8 Å². The van der Waals surface area contributed by atoms with Gasteiger partial charge in [-0.25, -0.2) is 4.39 Å². The van der Waals surface area contributed by atoms with Gasteiger partial charge in [-0.1, -0.05) is 6.07 Å². The van der Waals surface area contributed by atoms with Crippen LogP contribution in [0.2, 0.25) is 0 Å². The van der Waals surface area contributed by atoms with Gasteiger partial charge in [0.15, 0.2) is 0 Å². The van der Waals surface area contributed by atoms with Crippen molar-refractivity contribution < 1.29 is 18.8 Å². The summed E-state index contributed by atoms with van der Waals surface area (Å²) in [7, 11) is 0. The van der Waals surface area contributed by atoms with E-state index < -0.39 is 5.82 Å². The van der Waals surface area contributed by atoms with Crippen LogP contribution in [0.15, 0.2) is 73.1 Å². The Morgan fingerprint density at radius 2 is 1.61 bits per heavy atom. The van der Waals surface area contributed by atoms with Crippen molar-refractivity contribution in [2.24, 2.45) is 5.92 Å². The Morgan fingerprint density at radius 1 is 0.909 bits per heavy atom. The number of nitrogens with one attached hydrogen (secondary N) is 2. The van der Waals surface area contributed by atoms with Crippen LogP contribution in [0.3, 0.4) is 0 Å². The highest BCUT2D eigenvalue weighted by molar-refractivity contribution is 6.04. The SMILES string of the molecule is O=C(Nc1cccc(NC(=O)C2CCCN(C(=O)c3ccc(F)cc3)C2)c1)c1ccncc1. The van der Waals surface area contributed by atoms with Crippen molar-refractivity contribution in [3.05, 3.63) is 90.0 Å². The zero-order valence-electron chi connectivity index (χ0n) is 17.8. The molecule has 0 saturated carbocycles. The third-order valence-corrected chi connectivity index (χ3v) is 5.50. The van der Waals surface area contributed by atoms with E-state index >= 15 is 0 Å². The first kappa shape index (κ1) is 22.1. The number of benzene rings is 2. The summed E-state index contributed by atoms with van der Waals surface area (Å²) in [5.41, 5.74) is 1.98. The maximum Gasteiger partial charge on any atom is 0.255 e. The number of pyridine rings is 1. The molecule has 0 spiro atoms. The fourth-order valence-electron chi connectivity index (χ4n) is 3.78. The van der Waals surface area contributed by atoms with E-state index in [1.165, 1.54) is 24.3 Å². The van der Waals surface area contributed by atoms with Crippen molar-refractivity contribution in [1.29, 1.82) is 0 Å². The lowest BCUT2D eigenvalue weighted by Crippen LogP contribution is -2.43. The molecular weight excluding hydrogens is 423 g/mol. The van der Waals surface area contributed by atoms with Crippen LogP contribution in [-0.4, -0.2) is 40.7 Å². The molecule has 2 aromatic carbocycles. The fraction of sp³-hybridized carbons (Fsp3) is 0.200. The first-order chi connectivity index (χ1) is 16.0. The van der Waals surface area contributed by atoms with Crippen LogP contribution in [0.1, 0.15) is 33.6 Å². The fourth-order valence-corrected chi connectivity index (χ4v) is 3.78. The highest BCUT2D eigenvalue weighted by Gasteiger charge is 2.29. The second kappa shape index (κ2) is 10.0. The molecule has 1 aliphatic heterocycles. The normalized spacial score (nSPS) is 15.5. The number of piperidine rings is 1. The molecule has 3 aromatic rings. The number of amides is 3. The Kier molecular flexibility index (Phi) is 6.73. The summed E-state index contributed by atoms with van der Waals surface area (Å²) >= 11 is 0. The molecule has 2 N–H and O–H groups in total. The van der Waals surface area contributed by atoms with E-state index in [1.54, 1.807) is 53.7 Å². The molecule has 33 heavy (non-hydrogen) atoms. The van der Waals surface area contributed by atoms with Crippen molar-refractivity contribution in [3.63, 3.8) is 0 Å². The van der Waals surface area contributed by atoms with E-state index in [4.69, 9.17) is 0 Å². The number of halogens is 1. The molecule has 0 aliphatic carbocycles. The zero-order chi connectivity index (χ0) is 23.2. The highest BCUT2D eigenvalue weighted by atomic mass is 19.1. The molecule has 1 atom stereocenters. The van der Waals surface area contributed by atoms with Gasteiger partial charge in [0.2, 0.25) is 5.91 Å². The number of aromatic nitrogens is 1. The molecule has 0 radical (unpaired) electrons. The number of likely N-dealkylation sites (tertiary alicyclic amines) is 1. The van der Waals surface area contributed by atoms with Crippen molar-refractivity contribution in [3.8, 4) is 0 Å². The minimum absolute atomic E-state index is 0.191. The summed E-state index contributed by atoms with van der Waals surface area (Å²) < 4.78 is 13.1. The number of carbonyl (C=O) groups excluding carboxylic acids is 3. The van der Waals surface area contributed by atoms with Gasteiger partial charge in [-0.15, -0.1) is 0 Å². The van der Waals surface area contributed by atoms with Gasteiger partial charge in [-0.3, -0.25) is 19.4 Å².